The molecule has 3 aromatic rings. The highest BCUT2D eigenvalue weighted by Crippen LogP contribution is 2.19. The van der Waals surface area contributed by atoms with Crippen LogP contribution in [0.15, 0.2) is 66.7 Å². The maximum atomic E-state index is 13.0. The third-order valence-electron chi connectivity index (χ3n) is 4.95. The van der Waals surface area contributed by atoms with Gasteiger partial charge in [-0.25, -0.2) is 9.18 Å². The number of piperazine rings is 1. The molecule has 142 valence electrons. The van der Waals surface area contributed by atoms with Gasteiger partial charge in [-0.05, 0) is 47.2 Å². The molecule has 1 fully saturated rings. The molecule has 5 nitrogen and oxygen atoms in total. The maximum Gasteiger partial charge on any atom is 0.321 e. The Hall–Kier alpha value is -3.41. The first kappa shape index (κ1) is 18.0. The summed E-state index contributed by atoms with van der Waals surface area (Å²) in [6.45, 7) is 1.79. The van der Waals surface area contributed by atoms with Crippen LogP contribution in [0.3, 0.4) is 0 Å². The fourth-order valence-corrected chi connectivity index (χ4v) is 3.36. The second-order valence-corrected chi connectivity index (χ2v) is 6.78. The van der Waals surface area contributed by atoms with Crippen molar-refractivity contribution in [3.63, 3.8) is 0 Å². The molecule has 0 saturated carbocycles. The summed E-state index contributed by atoms with van der Waals surface area (Å²) in [6.07, 6.45) is 0. The number of benzene rings is 3. The predicted octanol–water partition coefficient (Wildman–Crippen LogP) is 3.97. The van der Waals surface area contributed by atoms with E-state index in [1.807, 2.05) is 42.5 Å². The molecule has 1 aliphatic rings. The van der Waals surface area contributed by atoms with Gasteiger partial charge in [0.25, 0.3) is 5.91 Å². The molecule has 0 bridgehead atoms. The Kier molecular flexibility index (Phi) is 4.93. The van der Waals surface area contributed by atoms with Crippen LogP contribution in [-0.4, -0.2) is 47.9 Å². The second kappa shape index (κ2) is 7.68. The summed E-state index contributed by atoms with van der Waals surface area (Å²) in [5, 5.41) is 5.11. The molecule has 3 amide bonds. The molecular formula is C22H20FN3O2. The largest absolute Gasteiger partial charge is 0.335 e. The smallest absolute Gasteiger partial charge is 0.321 e. The van der Waals surface area contributed by atoms with Crippen LogP contribution in [0.5, 0.6) is 0 Å². The van der Waals surface area contributed by atoms with Crippen molar-refractivity contribution < 1.29 is 14.0 Å². The number of carbonyl (C=O) groups excluding carboxylic acids is 2. The molecule has 0 radical (unpaired) electrons. The topological polar surface area (TPSA) is 52.7 Å². The van der Waals surface area contributed by atoms with Crippen molar-refractivity contribution in [2.75, 3.05) is 31.5 Å². The van der Waals surface area contributed by atoms with E-state index in [4.69, 9.17) is 0 Å². The van der Waals surface area contributed by atoms with Gasteiger partial charge in [-0.1, -0.05) is 30.3 Å². The van der Waals surface area contributed by atoms with Gasteiger partial charge in [0.2, 0.25) is 0 Å². The molecule has 1 aliphatic heterocycles. The number of hydrogen-bond acceptors (Lipinski definition) is 2. The summed E-state index contributed by atoms with van der Waals surface area (Å²) in [7, 11) is 0. The Bertz CT molecular complexity index is 1010. The van der Waals surface area contributed by atoms with Crippen molar-refractivity contribution in [3.8, 4) is 0 Å². The summed E-state index contributed by atoms with van der Waals surface area (Å²) in [5.74, 6) is -0.513. The third-order valence-corrected chi connectivity index (χ3v) is 4.95. The van der Waals surface area contributed by atoms with E-state index in [2.05, 4.69) is 5.32 Å². The number of urea groups is 1. The fourth-order valence-electron chi connectivity index (χ4n) is 3.36. The first-order chi connectivity index (χ1) is 13.6. The van der Waals surface area contributed by atoms with E-state index in [-0.39, 0.29) is 17.8 Å². The highest BCUT2D eigenvalue weighted by molar-refractivity contribution is 5.95. The van der Waals surface area contributed by atoms with Crippen LogP contribution >= 0.6 is 0 Å². The molecule has 28 heavy (non-hydrogen) atoms. The van der Waals surface area contributed by atoms with Crippen molar-refractivity contribution in [3.05, 3.63) is 78.1 Å². The van der Waals surface area contributed by atoms with E-state index in [0.717, 1.165) is 16.5 Å². The van der Waals surface area contributed by atoms with Gasteiger partial charge in [-0.3, -0.25) is 4.79 Å². The van der Waals surface area contributed by atoms with Crippen LogP contribution < -0.4 is 5.32 Å². The number of halogens is 1. The Balaban J connectivity index is 1.35. The van der Waals surface area contributed by atoms with Gasteiger partial charge in [0, 0.05) is 37.4 Å². The minimum absolute atomic E-state index is 0.144. The normalized spacial score (nSPS) is 14.2. The SMILES string of the molecule is O=C(Nc1ccc2ccccc2c1)N1CCN(C(=O)c2ccc(F)cc2)CC1. The number of nitrogens with one attached hydrogen (secondary N) is 1. The van der Waals surface area contributed by atoms with E-state index in [1.165, 1.54) is 24.3 Å². The number of amides is 3. The van der Waals surface area contributed by atoms with Gasteiger partial charge in [0.1, 0.15) is 5.82 Å². The zero-order valence-corrected chi connectivity index (χ0v) is 15.3. The molecule has 0 atom stereocenters. The van der Waals surface area contributed by atoms with E-state index >= 15 is 0 Å². The molecular weight excluding hydrogens is 357 g/mol. The lowest BCUT2D eigenvalue weighted by molar-refractivity contribution is 0.0671. The van der Waals surface area contributed by atoms with Gasteiger partial charge in [-0.15, -0.1) is 0 Å². The van der Waals surface area contributed by atoms with Crippen LogP contribution in [0.2, 0.25) is 0 Å². The van der Waals surface area contributed by atoms with Gasteiger partial charge in [-0.2, -0.15) is 0 Å². The average Bonchev–Trinajstić information content (AvgIpc) is 2.74. The van der Waals surface area contributed by atoms with Crippen LogP contribution in [0.1, 0.15) is 10.4 Å². The molecule has 0 aromatic heterocycles. The summed E-state index contributed by atoms with van der Waals surface area (Å²) >= 11 is 0. The fraction of sp³-hybridized carbons (Fsp3) is 0.182. The van der Waals surface area contributed by atoms with Crippen molar-refractivity contribution in [2.24, 2.45) is 0 Å². The number of carbonyl (C=O) groups is 2. The monoisotopic (exact) mass is 377 g/mol. The molecule has 6 heteroatoms. The van der Waals surface area contributed by atoms with Crippen LogP contribution in [0.4, 0.5) is 14.9 Å². The van der Waals surface area contributed by atoms with Crippen molar-refractivity contribution in [1.82, 2.24) is 9.80 Å². The van der Waals surface area contributed by atoms with Crippen molar-refractivity contribution in [1.29, 1.82) is 0 Å². The number of hydrogen-bond donors (Lipinski definition) is 1. The number of anilines is 1. The molecule has 1 heterocycles. The lowest BCUT2D eigenvalue weighted by Crippen LogP contribution is -2.51. The molecule has 1 N–H and O–H groups in total. The van der Waals surface area contributed by atoms with Crippen LogP contribution in [-0.2, 0) is 0 Å². The first-order valence-electron chi connectivity index (χ1n) is 9.20. The molecule has 3 aromatic carbocycles. The second-order valence-electron chi connectivity index (χ2n) is 6.78. The maximum absolute atomic E-state index is 13.0. The quantitative estimate of drug-likeness (QED) is 0.735. The zero-order valence-electron chi connectivity index (χ0n) is 15.3. The van der Waals surface area contributed by atoms with Crippen LogP contribution in [0, 0.1) is 5.82 Å². The molecule has 4 rings (SSSR count). The van der Waals surface area contributed by atoms with Gasteiger partial charge in [0.15, 0.2) is 0 Å². The molecule has 0 spiro atoms. The third kappa shape index (κ3) is 3.81. The molecule has 0 unspecified atom stereocenters. The Morgan fingerprint density at radius 1 is 0.786 bits per heavy atom. The zero-order chi connectivity index (χ0) is 19.5. The predicted molar refractivity (Wildman–Crippen MR) is 107 cm³/mol. The minimum atomic E-state index is -0.369. The van der Waals surface area contributed by atoms with Gasteiger partial charge < -0.3 is 15.1 Å². The first-order valence-corrected chi connectivity index (χ1v) is 9.20. The Labute approximate surface area is 162 Å². The average molecular weight is 377 g/mol. The van der Waals surface area contributed by atoms with Crippen LogP contribution in [0.25, 0.3) is 10.8 Å². The lowest BCUT2D eigenvalue weighted by Gasteiger charge is -2.34. The highest BCUT2D eigenvalue weighted by Gasteiger charge is 2.25. The summed E-state index contributed by atoms with van der Waals surface area (Å²) in [5.41, 5.74) is 1.20. The highest BCUT2D eigenvalue weighted by atomic mass is 19.1. The van der Waals surface area contributed by atoms with E-state index in [1.54, 1.807) is 9.80 Å². The van der Waals surface area contributed by atoms with Gasteiger partial charge >= 0.3 is 6.03 Å². The van der Waals surface area contributed by atoms with E-state index in [0.29, 0.717) is 31.7 Å². The standard InChI is InChI=1S/C22H20FN3O2/c23-19-8-5-17(6-9-19)21(27)25-11-13-26(14-12-25)22(28)24-20-10-7-16-3-1-2-4-18(16)15-20/h1-10,15H,11-14H2,(H,24,28). The summed E-state index contributed by atoms with van der Waals surface area (Å²) in [6, 6.07) is 19.1. The number of rotatable bonds is 2. The van der Waals surface area contributed by atoms with E-state index < -0.39 is 0 Å². The van der Waals surface area contributed by atoms with E-state index in [9.17, 15) is 14.0 Å². The Morgan fingerprint density at radius 2 is 1.43 bits per heavy atom. The summed E-state index contributed by atoms with van der Waals surface area (Å²) < 4.78 is 13.0. The Morgan fingerprint density at radius 3 is 2.14 bits per heavy atom. The lowest BCUT2D eigenvalue weighted by atomic mass is 10.1. The number of nitrogens with zero attached hydrogens (tertiary/aromatic N) is 2. The molecule has 1 saturated heterocycles. The minimum Gasteiger partial charge on any atom is -0.335 e. The molecule has 0 aliphatic carbocycles. The van der Waals surface area contributed by atoms with Crippen molar-refractivity contribution >= 4 is 28.4 Å². The van der Waals surface area contributed by atoms with Crippen molar-refractivity contribution in [2.45, 2.75) is 0 Å². The number of fused-ring (bicyclic) bond motifs is 1. The summed E-state index contributed by atoms with van der Waals surface area (Å²) in [4.78, 5) is 28.4. The van der Waals surface area contributed by atoms with Gasteiger partial charge in [0.05, 0.1) is 0 Å².